The van der Waals surface area contributed by atoms with Gasteiger partial charge in [-0.15, -0.1) is 11.3 Å². The Morgan fingerprint density at radius 3 is 2.43 bits per heavy atom. The van der Waals surface area contributed by atoms with Gasteiger partial charge in [0.1, 0.15) is 0 Å². The van der Waals surface area contributed by atoms with Gasteiger partial charge in [-0.05, 0) is 53.3 Å². The van der Waals surface area contributed by atoms with Crippen molar-refractivity contribution in [1.29, 1.82) is 0 Å². The maximum absolute atomic E-state index is 13.1. The topological polar surface area (TPSA) is 50.5 Å². The van der Waals surface area contributed by atoms with Crippen molar-refractivity contribution in [3.63, 3.8) is 0 Å². The summed E-state index contributed by atoms with van der Waals surface area (Å²) < 4.78 is 4.28. The predicted octanol–water partition coefficient (Wildman–Crippen LogP) is 4.33. The van der Waals surface area contributed by atoms with Crippen LogP contribution < -0.4 is 16.1 Å². The average Bonchev–Trinajstić information content (AvgIpc) is 3.43. The Hall–Kier alpha value is -3.68. The highest BCUT2D eigenvalue weighted by Crippen LogP contribution is 2.31. The van der Waals surface area contributed by atoms with Crippen LogP contribution in [0.25, 0.3) is 21.0 Å². The summed E-state index contributed by atoms with van der Waals surface area (Å²) in [4.78, 5) is 30.9. The van der Waals surface area contributed by atoms with Crippen LogP contribution >= 0.6 is 11.3 Å². The van der Waals surface area contributed by atoms with Gasteiger partial charge in [0.05, 0.1) is 17.4 Å². The van der Waals surface area contributed by atoms with Crippen LogP contribution in [-0.2, 0) is 20.0 Å². The number of hydrogen-bond acceptors (Lipinski definition) is 5. The minimum Gasteiger partial charge on any atom is -0.368 e. The third kappa shape index (κ3) is 4.61. The van der Waals surface area contributed by atoms with E-state index in [-0.39, 0.29) is 11.2 Å². The predicted molar refractivity (Wildman–Crippen MR) is 153 cm³/mol. The van der Waals surface area contributed by atoms with Gasteiger partial charge in [0.25, 0.3) is 5.56 Å². The van der Waals surface area contributed by atoms with Crippen molar-refractivity contribution >= 4 is 38.0 Å². The van der Waals surface area contributed by atoms with Crippen LogP contribution in [0.1, 0.15) is 11.1 Å². The van der Waals surface area contributed by atoms with E-state index in [1.54, 1.807) is 23.0 Å². The van der Waals surface area contributed by atoms with Gasteiger partial charge in [-0.3, -0.25) is 18.8 Å². The molecule has 0 N–H and O–H groups in total. The molecule has 0 bridgehead atoms. The molecule has 0 aliphatic carbocycles. The van der Waals surface area contributed by atoms with Gasteiger partial charge in [0.2, 0.25) is 0 Å². The lowest BCUT2D eigenvalue weighted by atomic mass is 10.1. The van der Waals surface area contributed by atoms with Crippen LogP contribution in [0, 0.1) is 0 Å². The van der Waals surface area contributed by atoms with Crippen molar-refractivity contribution in [1.82, 2.24) is 14.0 Å². The highest BCUT2D eigenvalue weighted by molar-refractivity contribution is 7.17. The van der Waals surface area contributed by atoms with Crippen LogP contribution in [-0.4, -0.2) is 46.8 Å². The van der Waals surface area contributed by atoms with Crippen molar-refractivity contribution in [2.24, 2.45) is 7.05 Å². The molecular formula is C30H30N4O2S. The van der Waals surface area contributed by atoms with E-state index in [1.807, 2.05) is 48.5 Å². The molecule has 1 fully saturated rings. The summed E-state index contributed by atoms with van der Waals surface area (Å²) in [7, 11) is 1.55. The minimum absolute atomic E-state index is 0.243. The molecule has 1 aliphatic rings. The van der Waals surface area contributed by atoms with Crippen LogP contribution in [0.15, 0.2) is 87.8 Å². The quantitative estimate of drug-likeness (QED) is 0.341. The maximum atomic E-state index is 13.1. The van der Waals surface area contributed by atoms with Crippen molar-refractivity contribution in [3.8, 4) is 0 Å². The Morgan fingerprint density at radius 2 is 1.62 bits per heavy atom. The fourth-order valence-corrected chi connectivity index (χ4v) is 6.17. The normalized spacial score (nSPS) is 14.6. The van der Waals surface area contributed by atoms with E-state index in [0.717, 1.165) is 50.3 Å². The molecule has 0 unspecified atom stereocenters. The van der Waals surface area contributed by atoms with E-state index >= 15 is 0 Å². The number of aromatic nitrogens is 2. The Kier molecular flexibility index (Phi) is 6.40. The standard InChI is InChI=1S/C30H30N4O2S/c1-31-29(35)25-11-10-22(20-27(25)34(30(31)36)21-23-6-3-2-4-7-23)12-14-32-15-17-33(18-16-32)26-8-5-9-28-24(26)13-19-37-28/h2-11,13,19-20H,12,14-18,21H2,1H3. The molecule has 0 atom stereocenters. The smallest absolute Gasteiger partial charge is 0.331 e. The third-order valence-corrected chi connectivity index (χ3v) is 8.37. The molecule has 0 spiro atoms. The zero-order chi connectivity index (χ0) is 25.4. The molecule has 3 aromatic carbocycles. The molecule has 188 valence electrons. The van der Waals surface area contributed by atoms with Gasteiger partial charge >= 0.3 is 5.69 Å². The molecular weight excluding hydrogens is 480 g/mol. The molecule has 5 aromatic rings. The Labute approximate surface area is 219 Å². The first-order valence-electron chi connectivity index (χ1n) is 12.8. The molecule has 1 aliphatic heterocycles. The van der Waals surface area contributed by atoms with Gasteiger partial charge in [0, 0.05) is 55.5 Å². The number of benzene rings is 3. The van der Waals surface area contributed by atoms with Crippen molar-refractivity contribution in [2.45, 2.75) is 13.0 Å². The minimum atomic E-state index is -0.282. The largest absolute Gasteiger partial charge is 0.368 e. The lowest BCUT2D eigenvalue weighted by Crippen LogP contribution is -2.47. The number of piperazine rings is 1. The molecule has 37 heavy (non-hydrogen) atoms. The molecule has 6 rings (SSSR count). The Bertz CT molecular complexity index is 1680. The van der Waals surface area contributed by atoms with E-state index in [2.05, 4.69) is 39.4 Å². The molecule has 7 heteroatoms. The van der Waals surface area contributed by atoms with Gasteiger partial charge in [-0.1, -0.05) is 42.5 Å². The van der Waals surface area contributed by atoms with E-state index in [4.69, 9.17) is 0 Å². The molecule has 0 radical (unpaired) electrons. The van der Waals surface area contributed by atoms with E-state index in [1.165, 1.54) is 20.3 Å². The Balaban J connectivity index is 1.18. The number of nitrogens with zero attached hydrogens (tertiary/aromatic N) is 4. The van der Waals surface area contributed by atoms with E-state index in [0.29, 0.717) is 17.4 Å². The number of rotatable bonds is 6. The van der Waals surface area contributed by atoms with Crippen molar-refractivity contribution in [2.75, 3.05) is 37.6 Å². The summed E-state index contributed by atoms with van der Waals surface area (Å²) in [6.45, 7) is 5.46. The lowest BCUT2D eigenvalue weighted by molar-refractivity contribution is 0.261. The fourth-order valence-electron chi connectivity index (χ4n) is 5.36. The van der Waals surface area contributed by atoms with Crippen molar-refractivity contribution < 1.29 is 0 Å². The highest BCUT2D eigenvalue weighted by Gasteiger charge is 2.19. The average molecular weight is 511 g/mol. The van der Waals surface area contributed by atoms with Gasteiger partial charge < -0.3 is 4.90 Å². The number of fused-ring (bicyclic) bond motifs is 2. The first kappa shape index (κ1) is 23.7. The fraction of sp³-hybridized carbons (Fsp3) is 0.267. The second-order valence-electron chi connectivity index (χ2n) is 9.76. The third-order valence-electron chi connectivity index (χ3n) is 7.49. The second kappa shape index (κ2) is 10.00. The summed E-state index contributed by atoms with van der Waals surface area (Å²) >= 11 is 1.80. The summed E-state index contributed by atoms with van der Waals surface area (Å²) in [6.07, 6.45) is 0.880. The summed E-state index contributed by atoms with van der Waals surface area (Å²) in [5.41, 5.74) is 3.70. The molecule has 2 aromatic heterocycles. The Morgan fingerprint density at radius 1 is 0.811 bits per heavy atom. The first-order valence-corrected chi connectivity index (χ1v) is 13.7. The first-order chi connectivity index (χ1) is 18.1. The van der Waals surface area contributed by atoms with Crippen molar-refractivity contribution in [3.05, 3.63) is 110 Å². The number of anilines is 1. The zero-order valence-electron chi connectivity index (χ0n) is 21.0. The molecule has 1 saturated heterocycles. The second-order valence-corrected chi connectivity index (χ2v) is 10.7. The van der Waals surface area contributed by atoms with Gasteiger partial charge in [-0.2, -0.15) is 0 Å². The van der Waals surface area contributed by atoms with E-state index < -0.39 is 0 Å². The summed E-state index contributed by atoms with van der Waals surface area (Å²) in [6, 6.07) is 24.7. The SMILES string of the molecule is Cn1c(=O)c2ccc(CCN3CCN(c4cccc5sccc45)CC3)cc2n(Cc2ccccc2)c1=O. The number of hydrogen-bond donors (Lipinski definition) is 0. The highest BCUT2D eigenvalue weighted by atomic mass is 32.1. The molecule has 0 saturated carbocycles. The molecule has 6 nitrogen and oxygen atoms in total. The number of thiophene rings is 1. The summed E-state index contributed by atoms with van der Waals surface area (Å²) in [5, 5.41) is 4.10. The van der Waals surface area contributed by atoms with Gasteiger partial charge in [-0.25, -0.2) is 4.79 Å². The van der Waals surface area contributed by atoms with Crippen LogP contribution in [0.2, 0.25) is 0 Å². The van der Waals surface area contributed by atoms with Crippen LogP contribution in [0.3, 0.4) is 0 Å². The molecule has 3 heterocycles. The van der Waals surface area contributed by atoms with Gasteiger partial charge in [0.15, 0.2) is 0 Å². The van der Waals surface area contributed by atoms with Crippen LogP contribution in [0.4, 0.5) is 5.69 Å². The van der Waals surface area contributed by atoms with E-state index in [9.17, 15) is 9.59 Å². The summed E-state index contributed by atoms with van der Waals surface area (Å²) in [5.74, 6) is 0. The van der Waals surface area contributed by atoms with Crippen LogP contribution in [0.5, 0.6) is 0 Å². The zero-order valence-corrected chi connectivity index (χ0v) is 21.8. The lowest BCUT2D eigenvalue weighted by Gasteiger charge is -2.36. The molecule has 0 amide bonds. The monoisotopic (exact) mass is 510 g/mol. The maximum Gasteiger partial charge on any atom is 0.331 e.